The van der Waals surface area contributed by atoms with Crippen LogP contribution in [0, 0.1) is 17.3 Å². The molecule has 1 rings (SSSR count). The first kappa shape index (κ1) is 22.9. The van der Waals surface area contributed by atoms with Crippen molar-refractivity contribution in [3.05, 3.63) is 0 Å². The summed E-state index contributed by atoms with van der Waals surface area (Å²) in [5.41, 5.74) is -0.704. The van der Waals surface area contributed by atoms with Crippen LogP contribution in [0.25, 0.3) is 0 Å². The maximum atomic E-state index is 13.9. The minimum Gasteiger partial charge on any atom is -0.427 e. The number of carbonyl (C=O) groups excluding carboxylic acids is 2. The summed E-state index contributed by atoms with van der Waals surface area (Å²) in [6.07, 6.45) is 2.32. The lowest BCUT2D eigenvalue weighted by atomic mass is 9.80. The van der Waals surface area contributed by atoms with Crippen LogP contribution in [0.15, 0.2) is 0 Å². The Bertz CT molecular complexity index is 496. The highest BCUT2D eigenvalue weighted by Gasteiger charge is 2.25. The molecule has 0 aromatic heterocycles. The molecule has 1 aliphatic carbocycles. The number of ether oxygens (including phenoxy) is 2. The van der Waals surface area contributed by atoms with Crippen LogP contribution in [0.2, 0.25) is 0 Å². The molecule has 1 amide bonds. The van der Waals surface area contributed by atoms with E-state index >= 15 is 0 Å². The molecule has 0 spiro atoms. The van der Waals surface area contributed by atoms with E-state index in [0.29, 0.717) is 18.5 Å². The number of carbonyl (C=O) groups is 2. The number of hydrogen-bond donors (Lipinski definition) is 2. The fraction of sp³-hybridized carbons (Fsp3) is 0.882. The van der Waals surface area contributed by atoms with E-state index in [0.717, 1.165) is 25.7 Å². The molecule has 1 aliphatic rings. The average Bonchev–Trinajstić information content (AvgIpc) is 2.51. The lowest BCUT2D eigenvalue weighted by molar-refractivity contribution is -0.161. The normalized spacial score (nSPS) is 23.0. The Labute approximate surface area is 154 Å². The van der Waals surface area contributed by atoms with Crippen LogP contribution in [-0.4, -0.2) is 36.2 Å². The molecule has 4 atom stereocenters. The van der Waals surface area contributed by atoms with E-state index in [4.69, 9.17) is 9.63 Å². The standard InChI is InChI=1S/C17H31FNO6P/c1-17(2,3)15(20)24-11-25-16(21)19-14(18)8-7-12-5-4-6-13(9-12)10-26(22)23/h12-14,26H,4-11H2,1-3H3,(H,19,21)(H,22,23). The summed E-state index contributed by atoms with van der Waals surface area (Å²) >= 11 is 0. The minimum absolute atomic E-state index is 0.155. The molecule has 0 aromatic carbocycles. The number of halogens is 1. The lowest BCUT2D eigenvalue weighted by Crippen LogP contribution is -2.34. The lowest BCUT2D eigenvalue weighted by Gasteiger charge is -2.28. The summed E-state index contributed by atoms with van der Waals surface area (Å²) in [6, 6.07) is 0. The zero-order valence-corrected chi connectivity index (χ0v) is 16.8. The average molecular weight is 395 g/mol. The topological polar surface area (TPSA) is 102 Å². The number of amides is 1. The molecule has 7 nitrogen and oxygen atoms in total. The van der Waals surface area contributed by atoms with Crippen molar-refractivity contribution >= 4 is 20.1 Å². The third-order valence-corrected chi connectivity index (χ3v) is 5.38. The Kier molecular flexibility index (Phi) is 9.58. The van der Waals surface area contributed by atoms with Gasteiger partial charge in [-0.15, -0.1) is 0 Å². The van der Waals surface area contributed by atoms with Crippen molar-refractivity contribution < 1.29 is 32.9 Å². The first-order valence-corrected chi connectivity index (χ1v) is 10.6. The number of hydrogen-bond acceptors (Lipinski definition) is 5. The van der Waals surface area contributed by atoms with Gasteiger partial charge in [-0.25, -0.2) is 9.18 Å². The van der Waals surface area contributed by atoms with Crippen LogP contribution < -0.4 is 5.32 Å². The fourth-order valence-electron chi connectivity index (χ4n) is 3.07. The second-order valence-electron chi connectivity index (χ2n) is 7.92. The van der Waals surface area contributed by atoms with Crippen molar-refractivity contribution in [3.8, 4) is 0 Å². The van der Waals surface area contributed by atoms with Crippen molar-refractivity contribution in [2.45, 2.75) is 65.6 Å². The fourth-order valence-corrected chi connectivity index (χ4v) is 3.94. The van der Waals surface area contributed by atoms with Gasteiger partial charge in [-0.1, -0.05) is 12.8 Å². The van der Waals surface area contributed by atoms with Gasteiger partial charge in [0.2, 0.25) is 6.79 Å². The largest absolute Gasteiger partial charge is 0.427 e. The number of alkyl carbamates (subject to hydrolysis) is 1. The van der Waals surface area contributed by atoms with Gasteiger partial charge in [-0.3, -0.25) is 14.7 Å². The van der Waals surface area contributed by atoms with Gasteiger partial charge in [0.05, 0.1) is 5.41 Å². The van der Waals surface area contributed by atoms with Gasteiger partial charge in [-0.05, 0) is 58.3 Å². The van der Waals surface area contributed by atoms with Crippen LogP contribution >= 0.6 is 8.03 Å². The van der Waals surface area contributed by atoms with Gasteiger partial charge in [0.15, 0.2) is 14.3 Å². The molecular formula is C17H31FNO6P. The SMILES string of the molecule is CC(C)(C)C(=O)OCOC(=O)NC(F)CCC1CCCC(C[PH](=O)O)C1. The van der Waals surface area contributed by atoms with Crippen LogP contribution in [0.1, 0.15) is 59.3 Å². The Morgan fingerprint density at radius 1 is 1.27 bits per heavy atom. The molecule has 0 heterocycles. The third kappa shape index (κ3) is 9.53. The zero-order chi connectivity index (χ0) is 19.7. The van der Waals surface area contributed by atoms with Gasteiger partial charge < -0.3 is 14.4 Å². The molecule has 1 fully saturated rings. The highest BCUT2D eigenvalue weighted by Crippen LogP contribution is 2.36. The van der Waals surface area contributed by atoms with Crippen LogP contribution in [0.5, 0.6) is 0 Å². The van der Waals surface area contributed by atoms with Gasteiger partial charge in [0.25, 0.3) is 0 Å². The summed E-state index contributed by atoms with van der Waals surface area (Å²) in [5.74, 6) is 0.0249. The molecule has 0 bridgehead atoms. The highest BCUT2D eigenvalue weighted by atomic mass is 31.1. The number of alkyl halides is 1. The summed E-state index contributed by atoms with van der Waals surface area (Å²) in [7, 11) is -2.46. The van der Waals surface area contributed by atoms with Crippen molar-refractivity contribution in [2.24, 2.45) is 17.3 Å². The Morgan fingerprint density at radius 3 is 2.54 bits per heavy atom. The first-order chi connectivity index (χ1) is 12.1. The molecule has 0 aromatic rings. The summed E-state index contributed by atoms with van der Waals surface area (Å²) in [6.45, 7) is 4.45. The van der Waals surface area contributed by atoms with Crippen LogP contribution in [0.4, 0.5) is 9.18 Å². The van der Waals surface area contributed by atoms with Crippen LogP contribution in [0.3, 0.4) is 0 Å². The molecule has 26 heavy (non-hydrogen) atoms. The second-order valence-corrected chi connectivity index (χ2v) is 9.11. The van der Waals surface area contributed by atoms with Crippen molar-refractivity contribution in [1.82, 2.24) is 5.32 Å². The van der Waals surface area contributed by atoms with E-state index in [1.807, 2.05) is 0 Å². The van der Waals surface area contributed by atoms with Crippen molar-refractivity contribution in [3.63, 3.8) is 0 Å². The van der Waals surface area contributed by atoms with E-state index < -0.39 is 38.6 Å². The molecule has 0 radical (unpaired) electrons. The second kappa shape index (κ2) is 10.9. The maximum Gasteiger partial charge on any atom is 0.412 e. The quantitative estimate of drug-likeness (QED) is 0.282. The predicted molar refractivity (Wildman–Crippen MR) is 95.7 cm³/mol. The highest BCUT2D eigenvalue weighted by molar-refractivity contribution is 7.38. The van der Waals surface area contributed by atoms with Crippen molar-refractivity contribution in [2.75, 3.05) is 13.0 Å². The maximum absolute atomic E-state index is 13.9. The molecular weight excluding hydrogens is 364 g/mol. The summed E-state index contributed by atoms with van der Waals surface area (Å²) in [4.78, 5) is 32.0. The molecule has 1 saturated carbocycles. The molecule has 4 unspecified atom stereocenters. The van der Waals surface area contributed by atoms with Crippen molar-refractivity contribution in [1.29, 1.82) is 0 Å². The van der Waals surface area contributed by atoms with Crippen LogP contribution in [-0.2, 0) is 18.8 Å². The van der Waals surface area contributed by atoms with E-state index in [-0.39, 0.29) is 12.3 Å². The van der Waals surface area contributed by atoms with E-state index in [9.17, 15) is 18.5 Å². The van der Waals surface area contributed by atoms with E-state index in [1.54, 1.807) is 20.8 Å². The van der Waals surface area contributed by atoms with Gasteiger partial charge in [-0.2, -0.15) is 0 Å². The summed E-state index contributed by atoms with van der Waals surface area (Å²) < 4.78 is 34.3. The zero-order valence-electron chi connectivity index (χ0n) is 15.8. The monoisotopic (exact) mass is 395 g/mol. The van der Waals surface area contributed by atoms with Gasteiger partial charge in [0.1, 0.15) is 0 Å². The Balaban J connectivity index is 2.21. The smallest absolute Gasteiger partial charge is 0.412 e. The number of esters is 1. The Hall–Kier alpha value is -1.14. The van der Waals surface area contributed by atoms with E-state index in [1.165, 1.54) is 0 Å². The molecule has 9 heteroatoms. The van der Waals surface area contributed by atoms with Gasteiger partial charge in [0, 0.05) is 6.16 Å². The molecule has 2 N–H and O–H groups in total. The molecule has 0 aliphatic heterocycles. The number of nitrogens with one attached hydrogen (secondary N) is 1. The summed E-state index contributed by atoms with van der Waals surface area (Å²) in [5, 5.41) is 2.07. The Morgan fingerprint density at radius 2 is 1.92 bits per heavy atom. The third-order valence-electron chi connectivity index (χ3n) is 4.45. The van der Waals surface area contributed by atoms with E-state index in [2.05, 4.69) is 10.1 Å². The van der Waals surface area contributed by atoms with Gasteiger partial charge >= 0.3 is 12.1 Å². The minimum atomic E-state index is -2.46. The first-order valence-electron chi connectivity index (χ1n) is 9.04. The molecule has 152 valence electrons. The molecule has 0 saturated heterocycles. The number of rotatable bonds is 8. The predicted octanol–water partition coefficient (Wildman–Crippen LogP) is 3.61.